The second-order valence-corrected chi connectivity index (χ2v) is 5.97. The van der Waals surface area contributed by atoms with E-state index in [2.05, 4.69) is 32.3 Å². The summed E-state index contributed by atoms with van der Waals surface area (Å²) in [6, 6.07) is -0.153. The molecule has 1 N–H and O–H groups in total. The van der Waals surface area contributed by atoms with E-state index in [1.807, 2.05) is 11.8 Å². The van der Waals surface area contributed by atoms with Crippen molar-refractivity contribution >= 4 is 17.7 Å². The summed E-state index contributed by atoms with van der Waals surface area (Å²) in [5.41, 5.74) is 0. The molecule has 1 atom stereocenters. The van der Waals surface area contributed by atoms with Crippen LogP contribution >= 0.6 is 11.8 Å². The van der Waals surface area contributed by atoms with Gasteiger partial charge in [-0.05, 0) is 25.5 Å². The average Bonchev–Trinajstić information content (AvgIpc) is 2.43. The Labute approximate surface area is 116 Å². The van der Waals surface area contributed by atoms with Gasteiger partial charge >= 0.3 is 5.97 Å². The Morgan fingerprint density at radius 2 is 1.94 bits per heavy atom. The summed E-state index contributed by atoms with van der Waals surface area (Å²) in [6.07, 6.45) is 7.38. The Kier molecular flexibility index (Phi) is 9.56. The Balaban J connectivity index is 4.43. The first-order chi connectivity index (χ1) is 8.59. The number of thioether (sulfide) groups is 1. The zero-order chi connectivity index (χ0) is 14.0. The number of hydrogen-bond donors (Lipinski definition) is 1. The number of unbranched alkanes of at least 4 members (excludes halogenated alkanes) is 1. The van der Waals surface area contributed by atoms with Gasteiger partial charge in [0.25, 0.3) is 0 Å². The molecule has 18 heavy (non-hydrogen) atoms. The van der Waals surface area contributed by atoms with E-state index in [9.17, 15) is 4.79 Å². The molecule has 3 nitrogen and oxygen atoms in total. The van der Waals surface area contributed by atoms with E-state index in [0.717, 1.165) is 38.6 Å². The van der Waals surface area contributed by atoms with E-state index >= 15 is 0 Å². The maximum absolute atomic E-state index is 11.7. The SMILES string of the molecule is CCCCC(NCC(CC)(CC)SC)C(=O)OC. The minimum absolute atomic E-state index is 0.134. The lowest BCUT2D eigenvalue weighted by Gasteiger charge is -2.31. The zero-order valence-corrected chi connectivity index (χ0v) is 13.4. The van der Waals surface area contributed by atoms with Crippen molar-refractivity contribution in [1.82, 2.24) is 5.32 Å². The third-order valence-corrected chi connectivity index (χ3v) is 5.31. The van der Waals surface area contributed by atoms with Crippen molar-refractivity contribution in [2.75, 3.05) is 19.9 Å². The van der Waals surface area contributed by atoms with Gasteiger partial charge in [0, 0.05) is 11.3 Å². The molecule has 0 bridgehead atoms. The molecule has 0 radical (unpaired) electrons. The molecule has 108 valence electrons. The van der Waals surface area contributed by atoms with Crippen molar-refractivity contribution in [3.05, 3.63) is 0 Å². The number of carbonyl (C=O) groups is 1. The number of methoxy groups -OCH3 is 1. The van der Waals surface area contributed by atoms with Crippen LogP contribution in [0.2, 0.25) is 0 Å². The van der Waals surface area contributed by atoms with Crippen LogP contribution in [0.5, 0.6) is 0 Å². The molecule has 0 aromatic carbocycles. The smallest absolute Gasteiger partial charge is 0.322 e. The van der Waals surface area contributed by atoms with Gasteiger partial charge in [-0.25, -0.2) is 0 Å². The number of hydrogen-bond acceptors (Lipinski definition) is 4. The number of carbonyl (C=O) groups excluding carboxylic acids is 1. The van der Waals surface area contributed by atoms with Gasteiger partial charge in [-0.1, -0.05) is 33.6 Å². The van der Waals surface area contributed by atoms with E-state index in [0.29, 0.717) is 0 Å². The van der Waals surface area contributed by atoms with Crippen LogP contribution in [-0.2, 0) is 9.53 Å². The normalized spacial score (nSPS) is 13.4. The van der Waals surface area contributed by atoms with Crippen molar-refractivity contribution in [1.29, 1.82) is 0 Å². The fraction of sp³-hybridized carbons (Fsp3) is 0.929. The minimum atomic E-state index is -0.153. The topological polar surface area (TPSA) is 38.3 Å². The Morgan fingerprint density at radius 1 is 1.33 bits per heavy atom. The Morgan fingerprint density at radius 3 is 2.33 bits per heavy atom. The lowest BCUT2D eigenvalue weighted by atomic mass is 10.0. The molecule has 0 amide bonds. The summed E-state index contributed by atoms with van der Waals surface area (Å²) >= 11 is 1.89. The van der Waals surface area contributed by atoms with Gasteiger partial charge in [-0.15, -0.1) is 0 Å². The number of ether oxygens (including phenoxy) is 1. The van der Waals surface area contributed by atoms with Crippen LogP contribution in [0.15, 0.2) is 0 Å². The van der Waals surface area contributed by atoms with Crippen LogP contribution in [0.4, 0.5) is 0 Å². The molecule has 0 aliphatic rings. The molecule has 0 saturated carbocycles. The van der Waals surface area contributed by atoms with Crippen molar-refractivity contribution < 1.29 is 9.53 Å². The zero-order valence-electron chi connectivity index (χ0n) is 12.5. The number of nitrogens with one attached hydrogen (secondary N) is 1. The summed E-state index contributed by atoms with van der Waals surface area (Å²) in [4.78, 5) is 11.7. The maximum atomic E-state index is 11.7. The van der Waals surface area contributed by atoms with Crippen LogP contribution in [0.25, 0.3) is 0 Å². The van der Waals surface area contributed by atoms with Gasteiger partial charge < -0.3 is 10.1 Å². The van der Waals surface area contributed by atoms with Crippen LogP contribution in [0, 0.1) is 0 Å². The van der Waals surface area contributed by atoms with E-state index in [1.165, 1.54) is 7.11 Å². The second-order valence-electron chi connectivity index (χ2n) is 4.69. The highest BCUT2D eigenvalue weighted by atomic mass is 32.2. The third-order valence-electron chi connectivity index (χ3n) is 3.72. The molecule has 0 aliphatic heterocycles. The molecule has 0 aromatic heterocycles. The molecule has 0 rings (SSSR count). The van der Waals surface area contributed by atoms with E-state index in [1.54, 1.807) is 0 Å². The lowest BCUT2D eigenvalue weighted by Crippen LogP contribution is -2.45. The molecule has 0 saturated heterocycles. The van der Waals surface area contributed by atoms with Gasteiger partial charge in [-0.2, -0.15) is 11.8 Å². The van der Waals surface area contributed by atoms with Gasteiger partial charge in [0.05, 0.1) is 7.11 Å². The van der Waals surface area contributed by atoms with Gasteiger partial charge in [-0.3, -0.25) is 4.79 Å². The highest BCUT2D eigenvalue weighted by molar-refractivity contribution is 8.00. The molecule has 0 spiro atoms. The van der Waals surface area contributed by atoms with E-state index < -0.39 is 0 Å². The fourth-order valence-electron chi connectivity index (χ4n) is 2.02. The summed E-state index contributed by atoms with van der Waals surface area (Å²) in [5, 5.41) is 3.40. The molecular weight excluding hydrogens is 246 g/mol. The van der Waals surface area contributed by atoms with E-state index in [-0.39, 0.29) is 16.8 Å². The van der Waals surface area contributed by atoms with E-state index in [4.69, 9.17) is 4.74 Å². The van der Waals surface area contributed by atoms with Crippen molar-refractivity contribution in [2.45, 2.75) is 63.7 Å². The third kappa shape index (κ3) is 5.61. The number of esters is 1. The first-order valence-corrected chi connectivity index (χ1v) is 8.17. The molecule has 1 unspecified atom stereocenters. The Hall–Kier alpha value is -0.220. The fourth-order valence-corrected chi connectivity index (χ4v) is 2.83. The standard InChI is InChI=1S/C14H29NO2S/c1-6-9-10-12(13(16)17-4)15-11-14(7-2,8-3)18-5/h12,15H,6-11H2,1-5H3. The molecular formula is C14H29NO2S. The van der Waals surface area contributed by atoms with Gasteiger partial charge in [0.2, 0.25) is 0 Å². The van der Waals surface area contributed by atoms with Crippen LogP contribution < -0.4 is 5.32 Å². The Bertz CT molecular complexity index is 222. The second kappa shape index (κ2) is 9.68. The molecule has 0 aromatic rings. The molecule has 4 heteroatoms. The predicted octanol–water partition coefficient (Wildman–Crippen LogP) is 3.23. The highest BCUT2D eigenvalue weighted by Crippen LogP contribution is 2.29. The first kappa shape index (κ1) is 17.8. The summed E-state index contributed by atoms with van der Waals surface area (Å²) in [5.74, 6) is -0.134. The molecule has 0 aliphatic carbocycles. The maximum Gasteiger partial charge on any atom is 0.322 e. The van der Waals surface area contributed by atoms with Crippen molar-refractivity contribution in [3.63, 3.8) is 0 Å². The average molecular weight is 275 g/mol. The van der Waals surface area contributed by atoms with Crippen molar-refractivity contribution in [3.8, 4) is 0 Å². The van der Waals surface area contributed by atoms with Crippen LogP contribution in [0.1, 0.15) is 52.9 Å². The summed E-state index contributed by atoms with van der Waals surface area (Å²) in [6.45, 7) is 7.42. The highest BCUT2D eigenvalue weighted by Gasteiger charge is 2.27. The monoisotopic (exact) mass is 275 g/mol. The molecule has 0 fully saturated rings. The summed E-state index contributed by atoms with van der Waals surface area (Å²) < 4.78 is 5.10. The predicted molar refractivity (Wildman–Crippen MR) is 80.2 cm³/mol. The van der Waals surface area contributed by atoms with Gasteiger partial charge in [0.15, 0.2) is 0 Å². The minimum Gasteiger partial charge on any atom is -0.468 e. The molecule has 0 heterocycles. The van der Waals surface area contributed by atoms with Crippen molar-refractivity contribution in [2.24, 2.45) is 0 Å². The lowest BCUT2D eigenvalue weighted by molar-refractivity contribution is -0.143. The van der Waals surface area contributed by atoms with Crippen LogP contribution in [0.3, 0.4) is 0 Å². The van der Waals surface area contributed by atoms with Crippen LogP contribution in [-0.4, -0.2) is 36.7 Å². The largest absolute Gasteiger partial charge is 0.468 e. The first-order valence-electron chi connectivity index (χ1n) is 6.95. The number of rotatable bonds is 10. The summed E-state index contributed by atoms with van der Waals surface area (Å²) in [7, 11) is 1.46. The quantitative estimate of drug-likeness (QED) is 0.621. The van der Waals surface area contributed by atoms with Gasteiger partial charge in [0.1, 0.15) is 6.04 Å².